The first-order valence-corrected chi connectivity index (χ1v) is 12.0. The van der Waals surface area contributed by atoms with Gasteiger partial charge in [0.25, 0.3) is 0 Å². The summed E-state index contributed by atoms with van der Waals surface area (Å²) >= 11 is 0. The number of amides is 1. The summed E-state index contributed by atoms with van der Waals surface area (Å²) in [6, 6.07) is -2.25. The Hall–Kier alpha value is -1.67. The molecule has 32 heavy (non-hydrogen) atoms. The predicted molar refractivity (Wildman–Crippen MR) is 123 cm³/mol. The number of hydrogen-bond acceptors (Lipinski definition) is 7. The van der Waals surface area contributed by atoms with Crippen LogP contribution in [0.15, 0.2) is 0 Å². The Morgan fingerprint density at radius 3 is 2.22 bits per heavy atom. The molecule has 186 valence electrons. The highest BCUT2D eigenvalue weighted by atomic mass is 16.6. The Labute approximate surface area is 193 Å². The van der Waals surface area contributed by atoms with Gasteiger partial charge in [-0.1, -0.05) is 51.9 Å². The highest BCUT2D eigenvalue weighted by Gasteiger charge is 2.53. The number of esters is 1. The molecule has 1 rings (SSSR count). The van der Waals surface area contributed by atoms with Gasteiger partial charge in [-0.15, -0.1) is 0 Å². The lowest BCUT2D eigenvalue weighted by Crippen LogP contribution is -2.65. The van der Waals surface area contributed by atoms with E-state index in [1.165, 1.54) is 0 Å². The summed E-state index contributed by atoms with van der Waals surface area (Å²) in [5.74, 6) is -1.67. The summed E-state index contributed by atoms with van der Waals surface area (Å²) in [5.41, 5.74) is 3.04. The molecule has 1 saturated carbocycles. The summed E-state index contributed by atoms with van der Waals surface area (Å²) in [5, 5.41) is 14.0. The topological polar surface area (TPSA) is 128 Å². The molecule has 1 amide bonds. The first-order chi connectivity index (χ1) is 14.8. The van der Waals surface area contributed by atoms with E-state index in [0.29, 0.717) is 12.8 Å². The molecule has 0 radical (unpaired) electrons. The Morgan fingerprint density at radius 2 is 1.72 bits per heavy atom. The quantitative estimate of drug-likeness (QED) is 0.320. The Kier molecular flexibility index (Phi) is 11.1. The summed E-state index contributed by atoms with van der Waals surface area (Å²) in [6.07, 6.45) is 5.85. The van der Waals surface area contributed by atoms with Crippen molar-refractivity contribution in [3.05, 3.63) is 0 Å². The van der Waals surface area contributed by atoms with Crippen molar-refractivity contribution in [1.82, 2.24) is 5.32 Å². The highest BCUT2D eigenvalue weighted by molar-refractivity contribution is 6.10. The Morgan fingerprint density at radius 1 is 1.12 bits per heavy atom. The first kappa shape index (κ1) is 28.4. The van der Waals surface area contributed by atoms with E-state index < -0.39 is 47.2 Å². The fraction of sp³-hybridized carbons (Fsp3) is 0.875. The fourth-order valence-corrected chi connectivity index (χ4v) is 4.08. The molecule has 0 bridgehead atoms. The molecule has 0 spiro atoms. The van der Waals surface area contributed by atoms with E-state index >= 15 is 0 Å². The van der Waals surface area contributed by atoms with Crippen LogP contribution in [-0.4, -0.2) is 52.3 Å². The second kappa shape index (κ2) is 12.5. The van der Waals surface area contributed by atoms with Crippen LogP contribution >= 0.6 is 0 Å². The van der Waals surface area contributed by atoms with E-state index in [9.17, 15) is 19.5 Å². The number of nitrogens with two attached hydrogens (primary N) is 1. The zero-order valence-corrected chi connectivity index (χ0v) is 20.7. The summed E-state index contributed by atoms with van der Waals surface area (Å²) in [4.78, 5) is 38.9. The molecule has 0 aromatic heterocycles. The van der Waals surface area contributed by atoms with Crippen LogP contribution in [0.4, 0.5) is 4.79 Å². The normalized spacial score (nSPS) is 19.0. The van der Waals surface area contributed by atoms with Crippen molar-refractivity contribution in [3.8, 4) is 0 Å². The maximum Gasteiger partial charge on any atom is 0.408 e. The van der Waals surface area contributed by atoms with Crippen molar-refractivity contribution in [2.75, 3.05) is 0 Å². The fourth-order valence-electron chi connectivity index (χ4n) is 4.08. The molecule has 3 atom stereocenters. The average molecular weight is 457 g/mol. The third kappa shape index (κ3) is 8.70. The van der Waals surface area contributed by atoms with Crippen LogP contribution in [0.5, 0.6) is 0 Å². The SMILES string of the molecule is CCCC[C@H](NC(=O)OC(C)(C)C)C(=O)C(O)(C(=O)OC(C)C)C(N)CC1CCCCC1. The second-order valence-corrected chi connectivity index (χ2v) is 10.3. The van der Waals surface area contributed by atoms with E-state index in [2.05, 4.69) is 5.32 Å². The maximum atomic E-state index is 13.6. The second-order valence-electron chi connectivity index (χ2n) is 10.3. The number of aliphatic hydroxyl groups is 1. The van der Waals surface area contributed by atoms with Gasteiger partial charge >= 0.3 is 12.1 Å². The number of carbonyl (C=O) groups excluding carboxylic acids is 3. The van der Waals surface area contributed by atoms with E-state index in [1.807, 2.05) is 6.92 Å². The smallest absolute Gasteiger partial charge is 0.408 e. The zero-order chi connectivity index (χ0) is 24.5. The van der Waals surface area contributed by atoms with Crippen LogP contribution in [0, 0.1) is 5.92 Å². The highest BCUT2D eigenvalue weighted by Crippen LogP contribution is 2.31. The molecular weight excluding hydrogens is 412 g/mol. The molecule has 8 heteroatoms. The minimum Gasteiger partial charge on any atom is -0.460 e. The van der Waals surface area contributed by atoms with Gasteiger partial charge in [-0.3, -0.25) is 4.79 Å². The molecule has 0 saturated heterocycles. The van der Waals surface area contributed by atoms with Gasteiger partial charge in [0.05, 0.1) is 18.2 Å². The number of nitrogens with one attached hydrogen (secondary N) is 1. The van der Waals surface area contributed by atoms with Gasteiger partial charge in [0.2, 0.25) is 5.60 Å². The summed E-state index contributed by atoms with van der Waals surface area (Å²) in [7, 11) is 0. The van der Waals surface area contributed by atoms with Gasteiger partial charge < -0.3 is 25.6 Å². The largest absolute Gasteiger partial charge is 0.460 e. The molecule has 1 fully saturated rings. The molecule has 0 aliphatic heterocycles. The minimum atomic E-state index is -2.55. The van der Waals surface area contributed by atoms with Crippen molar-refractivity contribution < 1.29 is 29.0 Å². The van der Waals surface area contributed by atoms with E-state index in [-0.39, 0.29) is 12.3 Å². The van der Waals surface area contributed by atoms with Gasteiger partial charge in [-0.2, -0.15) is 0 Å². The molecule has 0 aromatic carbocycles. The number of rotatable bonds is 11. The maximum absolute atomic E-state index is 13.6. The summed E-state index contributed by atoms with van der Waals surface area (Å²) in [6.45, 7) is 10.4. The zero-order valence-electron chi connectivity index (χ0n) is 20.7. The van der Waals surface area contributed by atoms with Crippen LogP contribution in [-0.2, 0) is 19.1 Å². The monoisotopic (exact) mass is 456 g/mol. The molecular formula is C24H44N2O6. The Bertz CT molecular complexity index is 624. The summed E-state index contributed by atoms with van der Waals surface area (Å²) < 4.78 is 10.5. The number of Topliss-reactive ketones (excluding diaryl/α,β-unsaturated/α-hetero) is 1. The number of unbranched alkanes of at least 4 members (excludes halogenated alkanes) is 1. The van der Waals surface area contributed by atoms with E-state index in [0.717, 1.165) is 38.5 Å². The Balaban J connectivity index is 3.18. The van der Waals surface area contributed by atoms with E-state index in [1.54, 1.807) is 34.6 Å². The number of ketones is 1. The van der Waals surface area contributed by atoms with E-state index in [4.69, 9.17) is 15.2 Å². The first-order valence-electron chi connectivity index (χ1n) is 12.0. The number of ether oxygens (including phenoxy) is 2. The van der Waals surface area contributed by atoms with Gasteiger partial charge in [-0.05, 0) is 53.4 Å². The lowest BCUT2D eigenvalue weighted by Gasteiger charge is -2.36. The number of hydrogen-bond donors (Lipinski definition) is 3. The van der Waals surface area contributed by atoms with Gasteiger partial charge in [0, 0.05) is 0 Å². The van der Waals surface area contributed by atoms with Crippen LogP contribution < -0.4 is 11.1 Å². The predicted octanol–water partition coefficient (Wildman–Crippen LogP) is 3.62. The molecule has 0 heterocycles. The standard InChI is InChI=1S/C24H44N2O6/c1-7-8-14-18(26-22(29)32-23(4,5)6)20(27)24(30,21(28)31-16(2)3)19(25)15-17-12-10-9-11-13-17/h16-19,30H,7-15,25H2,1-6H3,(H,26,29)/t18-,19?,24?/m0/s1. The van der Waals surface area contributed by atoms with Crippen molar-refractivity contribution >= 4 is 17.8 Å². The third-order valence-corrected chi connectivity index (χ3v) is 5.73. The van der Waals surface area contributed by atoms with Crippen molar-refractivity contribution in [3.63, 3.8) is 0 Å². The van der Waals surface area contributed by atoms with Gasteiger partial charge in [0.15, 0.2) is 5.78 Å². The lowest BCUT2D eigenvalue weighted by atomic mass is 9.77. The molecule has 1 aliphatic carbocycles. The van der Waals surface area contributed by atoms with Gasteiger partial charge in [-0.25, -0.2) is 9.59 Å². The molecule has 0 aromatic rings. The van der Waals surface area contributed by atoms with Crippen LogP contribution in [0.2, 0.25) is 0 Å². The molecule has 4 N–H and O–H groups in total. The van der Waals surface area contributed by atoms with Crippen LogP contribution in [0.1, 0.15) is 99.3 Å². The van der Waals surface area contributed by atoms with Crippen molar-refractivity contribution in [1.29, 1.82) is 0 Å². The number of alkyl carbamates (subject to hydrolysis) is 1. The average Bonchev–Trinajstić information content (AvgIpc) is 2.68. The van der Waals surface area contributed by atoms with Crippen LogP contribution in [0.25, 0.3) is 0 Å². The van der Waals surface area contributed by atoms with Crippen molar-refractivity contribution in [2.45, 2.75) is 129 Å². The molecule has 2 unspecified atom stereocenters. The number of carbonyl (C=O) groups is 3. The van der Waals surface area contributed by atoms with Crippen LogP contribution in [0.3, 0.4) is 0 Å². The lowest BCUT2D eigenvalue weighted by molar-refractivity contribution is -0.177. The molecule has 1 aliphatic rings. The van der Waals surface area contributed by atoms with Crippen molar-refractivity contribution in [2.24, 2.45) is 11.7 Å². The minimum absolute atomic E-state index is 0.234. The van der Waals surface area contributed by atoms with Gasteiger partial charge in [0.1, 0.15) is 5.60 Å². The molecule has 8 nitrogen and oxygen atoms in total. The third-order valence-electron chi connectivity index (χ3n) is 5.73.